The second-order valence-corrected chi connectivity index (χ2v) is 9.72. The minimum absolute atomic E-state index is 0.267. The van der Waals surface area contributed by atoms with Gasteiger partial charge in [-0.25, -0.2) is 4.79 Å². The first-order chi connectivity index (χ1) is 16.0. The number of carbonyl (C=O) groups is 1. The molecule has 4 heterocycles. The van der Waals surface area contributed by atoms with E-state index in [0.717, 1.165) is 63.0 Å². The molecule has 8 heteroatoms. The first-order valence-electron chi connectivity index (χ1n) is 12.2. The number of aromatic nitrogens is 2. The topological polar surface area (TPSA) is 63.1 Å². The van der Waals surface area contributed by atoms with Crippen LogP contribution in [-0.4, -0.2) is 71.7 Å². The zero-order chi connectivity index (χ0) is 22.8. The standard InChI is InChI=1S/C25H35N5O3/c1-20-5-3-12-28(20)13-4-16-32-23-8-6-21(7-9-23)29-14-10-25(11-15-29)19-30(24(31)33-25)22-17-26-27(2)18-22/h6-9,17-18,20H,3-5,10-16,19H2,1-2H3/t20-/m1/s1. The molecule has 8 nitrogen and oxygen atoms in total. The molecule has 0 N–H and O–H groups in total. The Bertz CT molecular complexity index is 951. The van der Waals surface area contributed by atoms with Crippen LogP contribution in [0.3, 0.4) is 0 Å². The van der Waals surface area contributed by atoms with E-state index in [1.54, 1.807) is 15.8 Å². The van der Waals surface area contributed by atoms with Crippen molar-refractivity contribution in [2.75, 3.05) is 49.1 Å². The van der Waals surface area contributed by atoms with Crippen LogP contribution in [0, 0.1) is 0 Å². The van der Waals surface area contributed by atoms with Gasteiger partial charge in [-0.05, 0) is 57.0 Å². The molecule has 1 spiro atoms. The maximum absolute atomic E-state index is 12.5. The van der Waals surface area contributed by atoms with E-state index in [1.807, 2.05) is 13.2 Å². The monoisotopic (exact) mass is 453 g/mol. The molecule has 0 radical (unpaired) electrons. The summed E-state index contributed by atoms with van der Waals surface area (Å²) in [5, 5.41) is 4.18. The van der Waals surface area contributed by atoms with Crippen molar-refractivity contribution in [1.82, 2.24) is 14.7 Å². The van der Waals surface area contributed by atoms with Crippen molar-refractivity contribution in [1.29, 1.82) is 0 Å². The fourth-order valence-corrected chi connectivity index (χ4v) is 5.34. The van der Waals surface area contributed by atoms with Crippen LogP contribution in [0.25, 0.3) is 0 Å². The lowest BCUT2D eigenvalue weighted by atomic mass is 9.91. The van der Waals surface area contributed by atoms with Crippen molar-refractivity contribution >= 4 is 17.5 Å². The largest absolute Gasteiger partial charge is 0.494 e. The zero-order valence-corrected chi connectivity index (χ0v) is 19.8. The Labute approximate surface area is 196 Å². The Morgan fingerprint density at radius 2 is 1.94 bits per heavy atom. The van der Waals surface area contributed by atoms with E-state index in [0.29, 0.717) is 6.54 Å². The Kier molecular flexibility index (Phi) is 6.19. The first kappa shape index (κ1) is 22.1. The summed E-state index contributed by atoms with van der Waals surface area (Å²) in [4.78, 5) is 19.1. The molecule has 1 atom stereocenters. The predicted molar refractivity (Wildman–Crippen MR) is 128 cm³/mol. The number of hydrogen-bond acceptors (Lipinski definition) is 6. The van der Waals surface area contributed by atoms with E-state index >= 15 is 0 Å². The number of piperidine rings is 1. The molecule has 1 aromatic carbocycles. The fraction of sp³-hybridized carbons (Fsp3) is 0.600. The number of carbonyl (C=O) groups excluding carboxylic acids is 1. The summed E-state index contributed by atoms with van der Waals surface area (Å²) in [6, 6.07) is 9.13. The minimum Gasteiger partial charge on any atom is -0.494 e. The highest BCUT2D eigenvalue weighted by Crippen LogP contribution is 2.37. The summed E-state index contributed by atoms with van der Waals surface area (Å²) in [7, 11) is 1.85. The predicted octanol–water partition coefficient (Wildman–Crippen LogP) is 3.67. The molecule has 0 saturated carbocycles. The molecule has 1 aromatic heterocycles. The molecule has 0 bridgehead atoms. The molecule has 3 saturated heterocycles. The Morgan fingerprint density at radius 3 is 2.61 bits per heavy atom. The molecule has 3 fully saturated rings. The van der Waals surface area contributed by atoms with Crippen molar-refractivity contribution in [3.63, 3.8) is 0 Å². The highest BCUT2D eigenvalue weighted by atomic mass is 16.6. The Balaban J connectivity index is 1.09. The molecule has 3 aliphatic heterocycles. The van der Waals surface area contributed by atoms with Crippen LogP contribution in [0.5, 0.6) is 5.75 Å². The highest BCUT2D eigenvalue weighted by molar-refractivity contribution is 5.90. The number of ether oxygens (including phenoxy) is 2. The second kappa shape index (κ2) is 9.25. The number of hydrogen-bond donors (Lipinski definition) is 0. The number of likely N-dealkylation sites (tertiary alicyclic amines) is 1. The molecule has 1 amide bonds. The van der Waals surface area contributed by atoms with Gasteiger partial charge in [-0.1, -0.05) is 0 Å². The van der Waals surface area contributed by atoms with Gasteiger partial charge in [0, 0.05) is 57.4 Å². The molecule has 3 aliphatic rings. The average Bonchev–Trinajstić information content (AvgIpc) is 3.51. The van der Waals surface area contributed by atoms with Crippen molar-refractivity contribution in [3.05, 3.63) is 36.7 Å². The zero-order valence-electron chi connectivity index (χ0n) is 19.8. The van der Waals surface area contributed by atoms with Gasteiger partial charge in [0.25, 0.3) is 0 Å². The molecule has 2 aromatic rings. The summed E-state index contributed by atoms with van der Waals surface area (Å²) < 4.78 is 13.5. The minimum atomic E-state index is -0.403. The van der Waals surface area contributed by atoms with Gasteiger partial charge in [0.1, 0.15) is 11.4 Å². The molecule has 5 rings (SSSR count). The third kappa shape index (κ3) is 4.81. The van der Waals surface area contributed by atoms with Crippen LogP contribution in [0.15, 0.2) is 36.7 Å². The van der Waals surface area contributed by atoms with E-state index in [1.165, 1.54) is 25.1 Å². The van der Waals surface area contributed by atoms with Crippen molar-refractivity contribution in [2.45, 2.75) is 50.7 Å². The van der Waals surface area contributed by atoms with Gasteiger partial charge >= 0.3 is 6.09 Å². The second-order valence-electron chi connectivity index (χ2n) is 9.72. The fourth-order valence-electron chi connectivity index (χ4n) is 5.34. The highest BCUT2D eigenvalue weighted by Gasteiger charge is 2.47. The smallest absolute Gasteiger partial charge is 0.415 e. The van der Waals surface area contributed by atoms with E-state index in [-0.39, 0.29) is 6.09 Å². The quantitative estimate of drug-likeness (QED) is 0.596. The average molecular weight is 454 g/mol. The SMILES string of the molecule is C[C@@H]1CCCN1CCCOc1ccc(N2CCC3(CC2)CN(c2cnn(C)c2)C(=O)O3)cc1. The van der Waals surface area contributed by atoms with Crippen molar-refractivity contribution < 1.29 is 14.3 Å². The van der Waals surface area contributed by atoms with Gasteiger partial charge in [0.2, 0.25) is 0 Å². The maximum Gasteiger partial charge on any atom is 0.415 e. The number of anilines is 2. The van der Waals surface area contributed by atoms with Crippen LogP contribution >= 0.6 is 0 Å². The van der Waals surface area contributed by atoms with Gasteiger partial charge < -0.3 is 19.3 Å². The summed E-state index contributed by atoms with van der Waals surface area (Å²) >= 11 is 0. The van der Waals surface area contributed by atoms with Gasteiger partial charge in [0.15, 0.2) is 0 Å². The number of amides is 1. The normalized spacial score (nSPS) is 22.8. The van der Waals surface area contributed by atoms with Gasteiger partial charge in [0.05, 0.1) is 25.0 Å². The third-order valence-corrected chi connectivity index (χ3v) is 7.40. The van der Waals surface area contributed by atoms with Crippen LogP contribution in [0.2, 0.25) is 0 Å². The lowest BCUT2D eigenvalue weighted by Crippen LogP contribution is -2.47. The lowest BCUT2D eigenvalue weighted by molar-refractivity contribution is 0.0367. The third-order valence-electron chi connectivity index (χ3n) is 7.40. The van der Waals surface area contributed by atoms with Gasteiger partial charge in [-0.15, -0.1) is 0 Å². The summed E-state index contributed by atoms with van der Waals surface area (Å²) in [6.07, 6.45) is 8.66. The van der Waals surface area contributed by atoms with Crippen LogP contribution < -0.4 is 14.5 Å². The van der Waals surface area contributed by atoms with E-state index in [9.17, 15) is 4.79 Å². The molecule has 0 aliphatic carbocycles. The molecule has 178 valence electrons. The van der Waals surface area contributed by atoms with E-state index in [2.05, 4.69) is 46.1 Å². The molecule has 33 heavy (non-hydrogen) atoms. The summed E-state index contributed by atoms with van der Waals surface area (Å²) in [6.45, 7) is 7.75. The molecular formula is C25H35N5O3. The number of aryl methyl sites for hydroxylation is 1. The molecular weight excluding hydrogens is 418 g/mol. The van der Waals surface area contributed by atoms with Gasteiger partial charge in [-0.3, -0.25) is 9.58 Å². The first-order valence-corrected chi connectivity index (χ1v) is 12.2. The number of benzene rings is 1. The van der Waals surface area contributed by atoms with E-state index < -0.39 is 5.60 Å². The number of rotatable bonds is 7. The molecule has 0 unspecified atom stereocenters. The summed E-state index contributed by atoms with van der Waals surface area (Å²) in [5.41, 5.74) is 1.59. The van der Waals surface area contributed by atoms with Crippen LogP contribution in [0.1, 0.15) is 39.0 Å². The van der Waals surface area contributed by atoms with Crippen molar-refractivity contribution in [2.24, 2.45) is 7.05 Å². The van der Waals surface area contributed by atoms with E-state index in [4.69, 9.17) is 9.47 Å². The van der Waals surface area contributed by atoms with Crippen molar-refractivity contribution in [3.8, 4) is 5.75 Å². The lowest BCUT2D eigenvalue weighted by Gasteiger charge is -2.38. The van der Waals surface area contributed by atoms with Crippen LogP contribution in [-0.2, 0) is 11.8 Å². The van der Waals surface area contributed by atoms with Crippen LogP contribution in [0.4, 0.5) is 16.2 Å². The maximum atomic E-state index is 12.5. The summed E-state index contributed by atoms with van der Waals surface area (Å²) in [5.74, 6) is 0.929. The number of nitrogens with zero attached hydrogens (tertiary/aromatic N) is 5. The Morgan fingerprint density at radius 1 is 1.15 bits per heavy atom. The Hall–Kier alpha value is -2.74. The van der Waals surface area contributed by atoms with Gasteiger partial charge in [-0.2, -0.15) is 5.10 Å².